The standard InChI is InChI=1S/C18H20FNO2S/c1-12-9-11-23-17(12)16(13-5-7-14(19)8-6-13)20-10-3-2-4-15(20)18(21)22/h5-9,11,15-16H,2-4,10H2,1H3,(H,21,22). The van der Waals surface area contributed by atoms with Gasteiger partial charge in [0, 0.05) is 4.88 Å². The SMILES string of the molecule is Cc1ccsc1C(c1ccc(F)cc1)N1CCCCC1C(=O)O. The van der Waals surface area contributed by atoms with E-state index in [0.717, 1.165) is 35.4 Å². The lowest BCUT2D eigenvalue weighted by molar-refractivity contribution is -0.145. The molecule has 1 aliphatic heterocycles. The number of aryl methyl sites for hydroxylation is 1. The summed E-state index contributed by atoms with van der Waals surface area (Å²) in [6, 6.07) is 7.88. The van der Waals surface area contributed by atoms with Gasteiger partial charge in [0.25, 0.3) is 0 Å². The second-order valence-electron chi connectivity index (χ2n) is 6.01. The van der Waals surface area contributed by atoms with Gasteiger partial charge in [0.15, 0.2) is 0 Å². The number of piperidine rings is 1. The van der Waals surface area contributed by atoms with E-state index < -0.39 is 12.0 Å². The van der Waals surface area contributed by atoms with Crippen LogP contribution in [0.15, 0.2) is 35.7 Å². The Hall–Kier alpha value is -1.72. The van der Waals surface area contributed by atoms with Crippen LogP contribution in [0.5, 0.6) is 0 Å². The summed E-state index contributed by atoms with van der Waals surface area (Å²) in [4.78, 5) is 14.9. The molecule has 2 atom stereocenters. The number of carboxylic acids is 1. The normalized spacial score (nSPS) is 20.3. The van der Waals surface area contributed by atoms with Gasteiger partial charge >= 0.3 is 5.97 Å². The van der Waals surface area contributed by atoms with E-state index in [9.17, 15) is 14.3 Å². The fourth-order valence-electron chi connectivity index (χ4n) is 3.33. The van der Waals surface area contributed by atoms with Crippen molar-refractivity contribution in [2.24, 2.45) is 0 Å². The van der Waals surface area contributed by atoms with Crippen molar-refractivity contribution in [3.05, 3.63) is 57.5 Å². The van der Waals surface area contributed by atoms with E-state index in [-0.39, 0.29) is 11.9 Å². The van der Waals surface area contributed by atoms with Crippen molar-refractivity contribution < 1.29 is 14.3 Å². The van der Waals surface area contributed by atoms with Crippen LogP contribution in [0.3, 0.4) is 0 Å². The topological polar surface area (TPSA) is 40.5 Å². The molecule has 2 heterocycles. The van der Waals surface area contributed by atoms with E-state index >= 15 is 0 Å². The maximum absolute atomic E-state index is 13.3. The predicted octanol–water partition coefficient (Wildman–Crippen LogP) is 4.22. The molecule has 3 rings (SSSR count). The largest absolute Gasteiger partial charge is 0.480 e. The van der Waals surface area contributed by atoms with Crippen LogP contribution in [-0.2, 0) is 4.79 Å². The third-order valence-corrected chi connectivity index (χ3v) is 5.57. The number of likely N-dealkylation sites (tertiary alicyclic amines) is 1. The Labute approximate surface area is 139 Å². The zero-order valence-electron chi connectivity index (χ0n) is 13.0. The number of nitrogens with zero attached hydrogens (tertiary/aromatic N) is 1. The van der Waals surface area contributed by atoms with Crippen molar-refractivity contribution in [3.8, 4) is 0 Å². The monoisotopic (exact) mass is 333 g/mol. The van der Waals surface area contributed by atoms with Gasteiger partial charge < -0.3 is 5.11 Å². The third kappa shape index (κ3) is 3.31. The molecule has 0 amide bonds. The Morgan fingerprint density at radius 1 is 1.30 bits per heavy atom. The van der Waals surface area contributed by atoms with E-state index in [1.54, 1.807) is 23.5 Å². The van der Waals surface area contributed by atoms with Crippen molar-refractivity contribution in [1.82, 2.24) is 4.90 Å². The fourth-order valence-corrected chi connectivity index (χ4v) is 4.40. The molecular formula is C18H20FNO2S. The molecule has 2 aromatic rings. The number of hydrogen-bond acceptors (Lipinski definition) is 3. The maximum atomic E-state index is 13.3. The minimum Gasteiger partial charge on any atom is -0.480 e. The molecule has 1 aromatic heterocycles. The van der Waals surface area contributed by atoms with Gasteiger partial charge in [-0.1, -0.05) is 18.6 Å². The van der Waals surface area contributed by atoms with Crippen LogP contribution in [0.25, 0.3) is 0 Å². The molecule has 0 radical (unpaired) electrons. The Morgan fingerprint density at radius 3 is 2.65 bits per heavy atom. The molecule has 3 nitrogen and oxygen atoms in total. The Morgan fingerprint density at radius 2 is 2.04 bits per heavy atom. The zero-order valence-corrected chi connectivity index (χ0v) is 13.9. The van der Waals surface area contributed by atoms with Crippen molar-refractivity contribution in [1.29, 1.82) is 0 Å². The van der Waals surface area contributed by atoms with E-state index in [4.69, 9.17) is 0 Å². The van der Waals surface area contributed by atoms with Crippen LogP contribution < -0.4 is 0 Å². The first kappa shape index (κ1) is 16.1. The average molecular weight is 333 g/mol. The Kier molecular flexibility index (Phi) is 4.78. The molecule has 5 heteroatoms. The second-order valence-corrected chi connectivity index (χ2v) is 6.96. The van der Waals surface area contributed by atoms with Gasteiger partial charge in [0.1, 0.15) is 11.9 Å². The van der Waals surface area contributed by atoms with Crippen LogP contribution in [0.1, 0.15) is 41.3 Å². The summed E-state index contributed by atoms with van der Waals surface area (Å²) in [5, 5.41) is 11.6. The summed E-state index contributed by atoms with van der Waals surface area (Å²) < 4.78 is 13.3. The molecule has 1 aliphatic rings. The average Bonchev–Trinajstić information content (AvgIpc) is 2.96. The molecule has 0 aliphatic carbocycles. The van der Waals surface area contributed by atoms with Gasteiger partial charge in [0.2, 0.25) is 0 Å². The van der Waals surface area contributed by atoms with Crippen LogP contribution in [0.2, 0.25) is 0 Å². The summed E-state index contributed by atoms with van der Waals surface area (Å²) in [5.74, 6) is -1.05. The molecule has 0 bridgehead atoms. The maximum Gasteiger partial charge on any atom is 0.320 e. The summed E-state index contributed by atoms with van der Waals surface area (Å²) >= 11 is 1.64. The summed E-state index contributed by atoms with van der Waals surface area (Å²) in [6.45, 7) is 2.79. The van der Waals surface area contributed by atoms with Gasteiger partial charge in [0.05, 0.1) is 6.04 Å². The smallest absolute Gasteiger partial charge is 0.320 e. The highest BCUT2D eigenvalue weighted by molar-refractivity contribution is 7.10. The number of benzene rings is 1. The lowest BCUT2D eigenvalue weighted by Gasteiger charge is -2.39. The van der Waals surface area contributed by atoms with E-state index in [1.807, 2.05) is 12.3 Å². The van der Waals surface area contributed by atoms with Gasteiger partial charge in [-0.15, -0.1) is 11.3 Å². The molecule has 2 unspecified atom stereocenters. The van der Waals surface area contributed by atoms with Crippen molar-refractivity contribution in [2.45, 2.75) is 38.3 Å². The molecule has 23 heavy (non-hydrogen) atoms. The first-order valence-corrected chi connectivity index (χ1v) is 8.74. The zero-order chi connectivity index (χ0) is 16.4. The quantitative estimate of drug-likeness (QED) is 0.910. The number of carbonyl (C=O) groups is 1. The summed E-state index contributed by atoms with van der Waals surface area (Å²) in [6.07, 6.45) is 2.59. The van der Waals surface area contributed by atoms with Crippen molar-refractivity contribution >= 4 is 17.3 Å². The van der Waals surface area contributed by atoms with E-state index in [0.29, 0.717) is 6.42 Å². The van der Waals surface area contributed by atoms with Crippen molar-refractivity contribution in [3.63, 3.8) is 0 Å². The van der Waals surface area contributed by atoms with Crippen LogP contribution >= 0.6 is 11.3 Å². The number of halogens is 1. The first-order valence-electron chi connectivity index (χ1n) is 7.86. The highest BCUT2D eigenvalue weighted by Crippen LogP contribution is 2.38. The molecule has 1 fully saturated rings. The molecule has 1 aromatic carbocycles. The van der Waals surface area contributed by atoms with E-state index in [1.165, 1.54) is 12.1 Å². The molecule has 1 saturated heterocycles. The molecule has 0 saturated carbocycles. The van der Waals surface area contributed by atoms with Gasteiger partial charge in [-0.3, -0.25) is 9.69 Å². The minimum atomic E-state index is -0.772. The number of aliphatic carboxylic acids is 1. The number of thiophene rings is 1. The lowest BCUT2D eigenvalue weighted by atomic mass is 9.94. The second kappa shape index (κ2) is 6.81. The highest BCUT2D eigenvalue weighted by Gasteiger charge is 2.36. The number of carboxylic acid groups (broad SMARTS) is 1. The van der Waals surface area contributed by atoms with E-state index in [2.05, 4.69) is 11.0 Å². The van der Waals surface area contributed by atoms with Gasteiger partial charge in [-0.25, -0.2) is 4.39 Å². The van der Waals surface area contributed by atoms with Crippen LogP contribution in [0.4, 0.5) is 4.39 Å². The molecular weight excluding hydrogens is 313 g/mol. The Balaban J connectivity index is 2.06. The Bertz CT molecular complexity index is 683. The first-order chi connectivity index (χ1) is 11.1. The molecule has 1 N–H and O–H groups in total. The predicted molar refractivity (Wildman–Crippen MR) is 89.3 cm³/mol. The number of rotatable bonds is 4. The van der Waals surface area contributed by atoms with Crippen molar-refractivity contribution in [2.75, 3.05) is 6.54 Å². The summed E-state index contributed by atoms with van der Waals surface area (Å²) in [5.41, 5.74) is 2.10. The van der Waals surface area contributed by atoms with Crippen LogP contribution in [0, 0.1) is 12.7 Å². The molecule has 0 spiro atoms. The molecule has 122 valence electrons. The third-order valence-electron chi connectivity index (χ3n) is 4.50. The van der Waals surface area contributed by atoms with Crippen LogP contribution in [-0.4, -0.2) is 28.6 Å². The fraction of sp³-hybridized carbons (Fsp3) is 0.389. The van der Waals surface area contributed by atoms with Gasteiger partial charge in [-0.2, -0.15) is 0 Å². The highest BCUT2D eigenvalue weighted by atomic mass is 32.1. The van der Waals surface area contributed by atoms with Gasteiger partial charge in [-0.05, 0) is 61.0 Å². The minimum absolute atomic E-state index is 0.128. The summed E-state index contributed by atoms with van der Waals surface area (Å²) in [7, 11) is 0. The number of hydrogen-bond donors (Lipinski definition) is 1. The lowest BCUT2D eigenvalue weighted by Crippen LogP contribution is -2.46.